The Morgan fingerprint density at radius 1 is 1.23 bits per heavy atom. The van der Waals surface area contributed by atoms with Gasteiger partial charge in [-0.15, -0.1) is 0 Å². The Morgan fingerprint density at radius 3 is 2.54 bits per heavy atom. The summed E-state index contributed by atoms with van der Waals surface area (Å²) in [5.74, 6) is -1.16. The lowest BCUT2D eigenvalue weighted by Gasteiger charge is -2.33. The SMILES string of the molecule is O=C(O)C1CC12CCN(C(=O)c1cc(N3CCNC3=O)ccc1Cl)CC2. The summed E-state index contributed by atoms with van der Waals surface area (Å²) < 4.78 is 0. The monoisotopic (exact) mass is 377 g/mol. The molecule has 3 aliphatic rings. The maximum Gasteiger partial charge on any atom is 0.321 e. The first kappa shape index (κ1) is 17.1. The second-order valence-electron chi connectivity index (χ2n) is 7.30. The van der Waals surface area contributed by atoms with E-state index < -0.39 is 5.97 Å². The van der Waals surface area contributed by atoms with Gasteiger partial charge in [0, 0.05) is 31.9 Å². The van der Waals surface area contributed by atoms with Crippen LogP contribution in [0.25, 0.3) is 0 Å². The Hall–Kier alpha value is -2.28. The van der Waals surface area contributed by atoms with Crippen LogP contribution >= 0.6 is 11.6 Å². The van der Waals surface area contributed by atoms with Crippen molar-refractivity contribution in [3.05, 3.63) is 28.8 Å². The maximum absolute atomic E-state index is 12.9. The van der Waals surface area contributed by atoms with Crippen LogP contribution in [0, 0.1) is 11.3 Å². The van der Waals surface area contributed by atoms with E-state index in [0.717, 1.165) is 0 Å². The fraction of sp³-hybridized carbons (Fsp3) is 0.500. The number of hydrogen-bond donors (Lipinski definition) is 2. The fourth-order valence-corrected chi connectivity index (χ4v) is 4.34. The van der Waals surface area contributed by atoms with E-state index >= 15 is 0 Å². The van der Waals surface area contributed by atoms with Gasteiger partial charge >= 0.3 is 12.0 Å². The van der Waals surface area contributed by atoms with Crippen LogP contribution in [0.15, 0.2) is 18.2 Å². The summed E-state index contributed by atoms with van der Waals surface area (Å²) in [6.45, 7) is 2.20. The van der Waals surface area contributed by atoms with Crippen LogP contribution in [0.4, 0.5) is 10.5 Å². The van der Waals surface area contributed by atoms with Gasteiger partial charge in [-0.1, -0.05) is 11.6 Å². The number of piperidine rings is 1. The summed E-state index contributed by atoms with van der Waals surface area (Å²) in [5, 5.41) is 12.3. The van der Waals surface area contributed by atoms with E-state index in [4.69, 9.17) is 11.6 Å². The molecular formula is C18H20ClN3O4. The number of hydrogen-bond acceptors (Lipinski definition) is 3. The highest BCUT2D eigenvalue weighted by Gasteiger charge is 2.59. The quantitative estimate of drug-likeness (QED) is 0.844. The van der Waals surface area contributed by atoms with E-state index in [0.29, 0.717) is 61.7 Å². The molecule has 2 saturated heterocycles. The maximum atomic E-state index is 12.9. The van der Waals surface area contributed by atoms with E-state index in [-0.39, 0.29) is 23.3 Å². The number of urea groups is 1. The molecule has 0 radical (unpaired) electrons. The summed E-state index contributed by atoms with van der Waals surface area (Å²) in [7, 11) is 0. The zero-order valence-electron chi connectivity index (χ0n) is 14.2. The van der Waals surface area contributed by atoms with Gasteiger partial charge in [0.05, 0.1) is 16.5 Å². The second kappa shape index (κ2) is 6.16. The number of amides is 3. The van der Waals surface area contributed by atoms with E-state index in [2.05, 4.69) is 5.32 Å². The van der Waals surface area contributed by atoms with Crippen molar-refractivity contribution in [3.8, 4) is 0 Å². The van der Waals surface area contributed by atoms with Gasteiger partial charge < -0.3 is 15.3 Å². The Kier molecular flexibility index (Phi) is 4.06. The molecule has 4 rings (SSSR count). The molecule has 8 heteroatoms. The summed E-state index contributed by atoms with van der Waals surface area (Å²) in [6.07, 6.45) is 2.13. The van der Waals surface area contributed by atoms with Crippen molar-refractivity contribution in [2.75, 3.05) is 31.1 Å². The van der Waals surface area contributed by atoms with Gasteiger partial charge in [0.25, 0.3) is 5.91 Å². The van der Waals surface area contributed by atoms with E-state index in [1.54, 1.807) is 28.0 Å². The molecule has 2 N–H and O–H groups in total. The lowest BCUT2D eigenvalue weighted by molar-refractivity contribution is -0.139. The van der Waals surface area contributed by atoms with Gasteiger partial charge in [0.15, 0.2) is 0 Å². The fourth-order valence-electron chi connectivity index (χ4n) is 4.14. The normalized spacial score (nSPS) is 23.9. The van der Waals surface area contributed by atoms with E-state index in [9.17, 15) is 19.5 Å². The van der Waals surface area contributed by atoms with Gasteiger partial charge in [-0.3, -0.25) is 14.5 Å². The van der Waals surface area contributed by atoms with Gasteiger partial charge in [-0.05, 0) is 42.9 Å². The molecule has 0 aromatic heterocycles. The van der Waals surface area contributed by atoms with Crippen molar-refractivity contribution in [1.29, 1.82) is 0 Å². The summed E-state index contributed by atoms with van der Waals surface area (Å²) >= 11 is 6.24. The van der Waals surface area contributed by atoms with E-state index in [1.165, 1.54) is 0 Å². The number of carboxylic acid groups (broad SMARTS) is 1. The number of rotatable bonds is 3. The molecule has 1 aromatic carbocycles. The van der Waals surface area contributed by atoms with Crippen LogP contribution in [-0.2, 0) is 4.79 Å². The standard InChI is InChI=1S/C18H20ClN3O4/c19-14-2-1-11(22-8-5-20-17(22)26)9-12(14)15(23)21-6-3-18(4-7-21)10-13(18)16(24)25/h1-2,9,13H,3-8,10H2,(H,20,26)(H,24,25). The number of carboxylic acids is 1. The molecule has 1 atom stereocenters. The molecule has 2 aliphatic heterocycles. The highest BCUT2D eigenvalue weighted by Crippen LogP contribution is 2.59. The summed E-state index contributed by atoms with van der Waals surface area (Å²) in [5.41, 5.74) is 0.904. The topological polar surface area (TPSA) is 89.9 Å². The Bertz CT molecular complexity index is 789. The lowest BCUT2D eigenvalue weighted by atomic mass is 9.90. The van der Waals surface area contributed by atoms with Crippen LogP contribution in [0.3, 0.4) is 0 Å². The van der Waals surface area contributed by atoms with Crippen LogP contribution < -0.4 is 10.2 Å². The predicted molar refractivity (Wildman–Crippen MR) is 95.5 cm³/mol. The van der Waals surface area contributed by atoms with Crippen molar-refractivity contribution in [3.63, 3.8) is 0 Å². The first-order valence-corrected chi connectivity index (χ1v) is 9.16. The molecule has 2 heterocycles. The average Bonchev–Trinajstić information content (AvgIpc) is 3.16. The minimum absolute atomic E-state index is 0.123. The van der Waals surface area contributed by atoms with Gasteiger partial charge in [0.1, 0.15) is 0 Å². The van der Waals surface area contributed by atoms with Crippen molar-refractivity contribution in [1.82, 2.24) is 10.2 Å². The number of aliphatic carboxylic acids is 1. The Labute approximate surface area is 155 Å². The van der Waals surface area contributed by atoms with Crippen LogP contribution in [0.2, 0.25) is 5.02 Å². The minimum atomic E-state index is -0.732. The zero-order chi connectivity index (χ0) is 18.5. The van der Waals surface area contributed by atoms with Crippen LogP contribution in [0.5, 0.6) is 0 Å². The largest absolute Gasteiger partial charge is 0.481 e. The third kappa shape index (κ3) is 2.80. The van der Waals surface area contributed by atoms with Gasteiger partial charge in [-0.2, -0.15) is 0 Å². The van der Waals surface area contributed by atoms with Gasteiger partial charge in [-0.25, -0.2) is 4.79 Å². The van der Waals surface area contributed by atoms with E-state index in [1.807, 2.05) is 0 Å². The predicted octanol–water partition coefficient (Wildman–Crippen LogP) is 2.20. The smallest absolute Gasteiger partial charge is 0.321 e. The highest BCUT2D eigenvalue weighted by molar-refractivity contribution is 6.34. The van der Waals surface area contributed by atoms with Gasteiger partial charge in [0.2, 0.25) is 0 Å². The third-order valence-corrected chi connectivity index (χ3v) is 6.21. The molecule has 1 unspecified atom stereocenters. The number of anilines is 1. The highest BCUT2D eigenvalue weighted by atomic mass is 35.5. The lowest BCUT2D eigenvalue weighted by Crippen LogP contribution is -2.40. The molecule has 1 spiro atoms. The van der Waals surface area contributed by atoms with Crippen molar-refractivity contribution in [2.24, 2.45) is 11.3 Å². The zero-order valence-corrected chi connectivity index (χ0v) is 15.0. The Morgan fingerprint density at radius 2 is 1.96 bits per heavy atom. The number of nitrogens with zero attached hydrogens (tertiary/aromatic N) is 2. The molecular weight excluding hydrogens is 358 g/mol. The summed E-state index contributed by atoms with van der Waals surface area (Å²) in [4.78, 5) is 39.3. The number of nitrogens with one attached hydrogen (secondary N) is 1. The molecule has 1 aromatic rings. The molecule has 138 valence electrons. The molecule has 7 nitrogen and oxygen atoms in total. The minimum Gasteiger partial charge on any atom is -0.481 e. The Balaban J connectivity index is 1.48. The number of likely N-dealkylation sites (tertiary alicyclic amines) is 1. The molecule has 0 bridgehead atoms. The first-order chi connectivity index (χ1) is 12.4. The van der Waals surface area contributed by atoms with Crippen LogP contribution in [-0.4, -0.2) is 54.1 Å². The molecule has 1 saturated carbocycles. The van der Waals surface area contributed by atoms with Crippen molar-refractivity contribution >= 4 is 35.2 Å². The third-order valence-electron chi connectivity index (χ3n) is 5.88. The summed E-state index contributed by atoms with van der Waals surface area (Å²) in [6, 6.07) is 4.86. The molecule has 26 heavy (non-hydrogen) atoms. The molecule has 3 amide bonds. The first-order valence-electron chi connectivity index (χ1n) is 8.78. The average molecular weight is 378 g/mol. The second-order valence-corrected chi connectivity index (χ2v) is 7.70. The molecule has 1 aliphatic carbocycles. The van der Waals surface area contributed by atoms with Crippen molar-refractivity contribution < 1.29 is 19.5 Å². The molecule has 3 fully saturated rings. The van der Waals surface area contributed by atoms with Crippen molar-refractivity contribution in [2.45, 2.75) is 19.3 Å². The number of halogens is 1. The van der Waals surface area contributed by atoms with Crippen LogP contribution in [0.1, 0.15) is 29.6 Å². The number of benzene rings is 1. The number of carbonyl (C=O) groups is 3. The number of carbonyl (C=O) groups excluding carboxylic acids is 2.